The molecule has 0 aromatic heterocycles. The van der Waals surface area contributed by atoms with Gasteiger partial charge in [0.2, 0.25) is 0 Å². The van der Waals surface area contributed by atoms with Crippen molar-refractivity contribution in [3.8, 4) is 0 Å². The van der Waals surface area contributed by atoms with Crippen LogP contribution in [0.25, 0.3) is 0 Å². The van der Waals surface area contributed by atoms with E-state index in [2.05, 4.69) is 35.1 Å². The Morgan fingerprint density at radius 1 is 1.44 bits per heavy atom. The monoisotopic (exact) mass is 303 g/mol. The van der Waals surface area contributed by atoms with Gasteiger partial charge in [-0.2, -0.15) is 0 Å². The second-order valence-electron chi connectivity index (χ2n) is 3.61. The molecule has 0 aliphatic heterocycles. The van der Waals surface area contributed by atoms with Gasteiger partial charge in [0.1, 0.15) is 0 Å². The standard InChI is InChI=1S/C12H15BrClNO/c1-3-9(4-2)15-12(16)10-7-8(14)5-6-11(10)13/h5-7,9H,3-4H2,1-2H3,(H,15,16). The third-order valence-electron chi connectivity index (χ3n) is 2.49. The molecule has 0 aliphatic rings. The number of benzene rings is 1. The number of hydrogen-bond acceptors (Lipinski definition) is 1. The fraction of sp³-hybridized carbons (Fsp3) is 0.417. The molecule has 16 heavy (non-hydrogen) atoms. The molecule has 0 unspecified atom stereocenters. The average molecular weight is 305 g/mol. The van der Waals surface area contributed by atoms with Gasteiger partial charge in [-0.15, -0.1) is 0 Å². The second kappa shape index (κ2) is 6.26. The van der Waals surface area contributed by atoms with Crippen LogP contribution in [0.3, 0.4) is 0 Å². The van der Waals surface area contributed by atoms with Crippen molar-refractivity contribution >= 4 is 33.4 Å². The van der Waals surface area contributed by atoms with Crippen LogP contribution in [0, 0.1) is 0 Å². The van der Waals surface area contributed by atoms with E-state index in [0.29, 0.717) is 10.6 Å². The molecular formula is C12H15BrClNO. The Hall–Kier alpha value is -0.540. The largest absolute Gasteiger partial charge is 0.349 e. The van der Waals surface area contributed by atoms with E-state index >= 15 is 0 Å². The molecule has 1 amide bonds. The summed E-state index contributed by atoms with van der Waals surface area (Å²) >= 11 is 9.21. The lowest BCUT2D eigenvalue weighted by atomic mass is 10.1. The third-order valence-corrected chi connectivity index (χ3v) is 3.42. The number of rotatable bonds is 4. The number of carbonyl (C=O) groups is 1. The van der Waals surface area contributed by atoms with E-state index in [1.807, 2.05) is 0 Å². The van der Waals surface area contributed by atoms with Crippen LogP contribution in [-0.4, -0.2) is 11.9 Å². The average Bonchev–Trinajstić information content (AvgIpc) is 2.28. The van der Waals surface area contributed by atoms with Crippen LogP contribution >= 0.6 is 27.5 Å². The number of nitrogens with one attached hydrogen (secondary N) is 1. The van der Waals surface area contributed by atoms with Gasteiger partial charge in [-0.25, -0.2) is 0 Å². The lowest BCUT2D eigenvalue weighted by Gasteiger charge is -2.15. The van der Waals surface area contributed by atoms with Crippen LogP contribution in [0.1, 0.15) is 37.0 Å². The summed E-state index contributed by atoms with van der Waals surface area (Å²) in [7, 11) is 0. The molecule has 0 heterocycles. The molecule has 0 bridgehead atoms. The highest BCUT2D eigenvalue weighted by atomic mass is 79.9. The molecule has 0 aliphatic carbocycles. The van der Waals surface area contributed by atoms with Crippen molar-refractivity contribution < 1.29 is 4.79 Å². The zero-order chi connectivity index (χ0) is 12.1. The molecule has 0 saturated heterocycles. The van der Waals surface area contributed by atoms with Crippen LogP contribution in [-0.2, 0) is 0 Å². The Bertz CT molecular complexity index is 377. The smallest absolute Gasteiger partial charge is 0.252 e. The van der Waals surface area contributed by atoms with Gasteiger partial charge in [0, 0.05) is 15.5 Å². The summed E-state index contributed by atoms with van der Waals surface area (Å²) in [6.45, 7) is 4.11. The van der Waals surface area contributed by atoms with Gasteiger partial charge in [0.15, 0.2) is 0 Å². The van der Waals surface area contributed by atoms with Gasteiger partial charge >= 0.3 is 0 Å². The Kier molecular flexibility index (Phi) is 5.29. The Morgan fingerprint density at radius 3 is 2.62 bits per heavy atom. The molecule has 2 nitrogen and oxygen atoms in total. The molecular weight excluding hydrogens is 289 g/mol. The van der Waals surface area contributed by atoms with E-state index in [9.17, 15) is 4.79 Å². The maximum atomic E-state index is 11.9. The summed E-state index contributed by atoms with van der Waals surface area (Å²) in [5, 5.41) is 3.54. The third kappa shape index (κ3) is 3.49. The summed E-state index contributed by atoms with van der Waals surface area (Å²) in [4.78, 5) is 11.9. The van der Waals surface area contributed by atoms with Crippen LogP contribution in [0.2, 0.25) is 5.02 Å². The van der Waals surface area contributed by atoms with Gasteiger partial charge in [-0.3, -0.25) is 4.79 Å². The minimum atomic E-state index is -0.0805. The van der Waals surface area contributed by atoms with Crippen molar-refractivity contribution in [1.82, 2.24) is 5.32 Å². The van der Waals surface area contributed by atoms with Gasteiger partial charge < -0.3 is 5.32 Å². The Labute approximate surface area is 110 Å². The van der Waals surface area contributed by atoms with Crippen molar-refractivity contribution in [1.29, 1.82) is 0 Å². The Balaban J connectivity index is 2.83. The summed E-state index contributed by atoms with van der Waals surface area (Å²) in [5.74, 6) is -0.0805. The van der Waals surface area contributed by atoms with Crippen LogP contribution in [0.4, 0.5) is 0 Å². The van der Waals surface area contributed by atoms with E-state index in [-0.39, 0.29) is 11.9 Å². The van der Waals surface area contributed by atoms with Gasteiger partial charge in [-0.1, -0.05) is 25.4 Å². The first kappa shape index (κ1) is 13.5. The molecule has 1 aromatic carbocycles. The molecule has 0 radical (unpaired) electrons. The first-order chi connectivity index (χ1) is 7.58. The Morgan fingerprint density at radius 2 is 2.06 bits per heavy atom. The van der Waals surface area contributed by atoms with Crippen molar-refractivity contribution in [2.45, 2.75) is 32.7 Å². The van der Waals surface area contributed by atoms with Gasteiger partial charge in [0.05, 0.1) is 5.56 Å². The fourth-order valence-corrected chi connectivity index (χ4v) is 2.03. The molecule has 0 spiro atoms. The molecule has 0 saturated carbocycles. The number of hydrogen-bond donors (Lipinski definition) is 1. The van der Waals surface area contributed by atoms with Crippen LogP contribution < -0.4 is 5.32 Å². The lowest BCUT2D eigenvalue weighted by Crippen LogP contribution is -2.33. The maximum absolute atomic E-state index is 11.9. The van der Waals surface area contributed by atoms with Crippen molar-refractivity contribution in [2.75, 3.05) is 0 Å². The molecule has 0 atom stereocenters. The summed E-state index contributed by atoms with van der Waals surface area (Å²) in [6, 6.07) is 5.42. The molecule has 1 aromatic rings. The number of carbonyl (C=O) groups excluding carboxylic acids is 1. The fourth-order valence-electron chi connectivity index (χ4n) is 1.43. The predicted octanol–water partition coefficient (Wildman–Crippen LogP) is 4.02. The molecule has 88 valence electrons. The van der Waals surface area contributed by atoms with Crippen molar-refractivity contribution in [3.05, 3.63) is 33.3 Å². The highest BCUT2D eigenvalue weighted by molar-refractivity contribution is 9.10. The van der Waals surface area contributed by atoms with Crippen molar-refractivity contribution in [2.24, 2.45) is 0 Å². The topological polar surface area (TPSA) is 29.1 Å². The first-order valence-corrected chi connectivity index (χ1v) is 6.51. The summed E-state index contributed by atoms with van der Waals surface area (Å²) in [6.07, 6.45) is 1.86. The number of amides is 1. The second-order valence-corrected chi connectivity index (χ2v) is 4.90. The van der Waals surface area contributed by atoms with Gasteiger partial charge in [0.25, 0.3) is 5.91 Å². The first-order valence-electron chi connectivity index (χ1n) is 5.34. The molecule has 1 N–H and O–H groups in total. The maximum Gasteiger partial charge on any atom is 0.252 e. The molecule has 1 rings (SSSR count). The van der Waals surface area contributed by atoms with E-state index in [4.69, 9.17) is 11.6 Å². The van der Waals surface area contributed by atoms with Crippen LogP contribution in [0.5, 0.6) is 0 Å². The van der Waals surface area contributed by atoms with E-state index in [1.54, 1.807) is 18.2 Å². The molecule has 4 heteroatoms. The highest BCUT2D eigenvalue weighted by Crippen LogP contribution is 2.21. The van der Waals surface area contributed by atoms with E-state index < -0.39 is 0 Å². The minimum Gasteiger partial charge on any atom is -0.349 e. The number of halogens is 2. The molecule has 0 fully saturated rings. The normalized spacial score (nSPS) is 10.6. The minimum absolute atomic E-state index is 0.0805. The van der Waals surface area contributed by atoms with E-state index in [0.717, 1.165) is 17.3 Å². The quantitative estimate of drug-likeness (QED) is 0.894. The zero-order valence-electron chi connectivity index (χ0n) is 9.39. The zero-order valence-corrected chi connectivity index (χ0v) is 11.7. The van der Waals surface area contributed by atoms with Gasteiger partial charge in [-0.05, 0) is 47.0 Å². The van der Waals surface area contributed by atoms with Crippen molar-refractivity contribution in [3.63, 3.8) is 0 Å². The van der Waals surface area contributed by atoms with E-state index in [1.165, 1.54) is 0 Å². The lowest BCUT2D eigenvalue weighted by molar-refractivity contribution is 0.0934. The predicted molar refractivity (Wildman–Crippen MR) is 71.0 cm³/mol. The SMILES string of the molecule is CCC(CC)NC(=O)c1cc(Cl)ccc1Br. The summed E-state index contributed by atoms with van der Waals surface area (Å²) in [5.41, 5.74) is 0.583. The highest BCUT2D eigenvalue weighted by Gasteiger charge is 2.13. The van der Waals surface area contributed by atoms with Crippen LogP contribution in [0.15, 0.2) is 22.7 Å². The summed E-state index contributed by atoms with van der Waals surface area (Å²) < 4.78 is 0.764.